The zero-order valence-corrected chi connectivity index (χ0v) is 18.7. The zero-order valence-electron chi connectivity index (χ0n) is 17.9. The Morgan fingerprint density at radius 2 is 1.52 bits per heavy atom. The van der Waals surface area contributed by atoms with E-state index in [4.69, 9.17) is 23.7 Å². The van der Waals surface area contributed by atoms with Crippen molar-refractivity contribution in [3.63, 3.8) is 0 Å². The lowest BCUT2D eigenvalue weighted by atomic mass is 10.1. The molecule has 160 valence electrons. The number of hydrogen-bond acceptors (Lipinski definition) is 8. The highest BCUT2D eigenvalue weighted by Crippen LogP contribution is 2.39. The van der Waals surface area contributed by atoms with Gasteiger partial charge in [-0.15, -0.1) is 11.3 Å². The summed E-state index contributed by atoms with van der Waals surface area (Å²) >= 11 is 1.39. The Labute approximate surface area is 185 Å². The Kier molecular flexibility index (Phi) is 7.00. The minimum Gasteiger partial charge on any atom is -0.493 e. The number of methoxy groups -OCH3 is 5. The first kappa shape index (κ1) is 22.0. The molecule has 0 aliphatic rings. The van der Waals surface area contributed by atoms with Gasteiger partial charge < -0.3 is 23.7 Å². The Morgan fingerprint density at radius 1 is 0.871 bits per heavy atom. The van der Waals surface area contributed by atoms with E-state index in [1.54, 1.807) is 53.8 Å². The van der Waals surface area contributed by atoms with Crippen LogP contribution in [0.25, 0.3) is 22.9 Å². The van der Waals surface area contributed by atoms with Crippen molar-refractivity contribution >= 4 is 23.0 Å². The van der Waals surface area contributed by atoms with Crippen molar-refractivity contribution in [3.05, 3.63) is 46.3 Å². The summed E-state index contributed by atoms with van der Waals surface area (Å²) in [6, 6.07) is 11.4. The van der Waals surface area contributed by atoms with Crippen LogP contribution in [0.1, 0.15) is 10.6 Å². The summed E-state index contributed by atoms with van der Waals surface area (Å²) < 4.78 is 26.8. The van der Waals surface area contributed by atoms with Gasteiger partial charge in [0.05, 0.1) is 46.8 Å². The standard InChI is InChI=1S/C23H22N2O5S/c1-26-18-7-6-15(11-19(18)27-2)17-13-31-23(25-17)16(12-24)8-14-9-20(28-3)22(30-5)21(10-14)29-4/h6-11,13H,1-5H3/b16-8-. The van der Waals surface area contributed by atoms with Gasteiger partial charge in [0.1, 0.15) is 11.1 Å². The Bertz CT molecular complexity index is 1120. The first-order valence-electron chi connectivity index (χ1n) is 9.18. The number of aromatic nitrogens is 1. The quantitative estimate of drug-likeness (QED) is 0.462. The van der Waals surface area contributed by atoms with Crippen molar-refractivity contribution in [3.8, 4) is 46.1 Å². The van der Waals surface area contributed by atoms with Gasteiger partial charge in [-0.3, -0.25) is 0 Å². The molecule has 8 heteroatoms. The predicted molar refractivity (Wildman–Crippen MR) is 120 cm³/mol. The molecule has 1 aromatic heterocycles. The second-order valence-corrected chi connectivity index (χ2v) is 7.09. The minimum atomic E-state index is 0.422. The first-order valence-corrected chi connectivity index (χ1v) is 10.1. The number of nitriles is 1. The van der Waals surface area contributed by atoms with E-state index in [0.29, 0.717) is 39.3 Å². The second kappa shape index (κ2) is 9.87. The largest absolute Gasteiger partial charge is 0.493 e. The normalized spacial score (nSPS) is 10.9. The summed E-state index contributed by atoms with van der Waals surface area (Å²) in [6.07, 6.45) is 1.74. The van der Waals surface area contributed by atoms with Crippen LogP contribution in [0.2, 0.25) is 0 Å². The molecule has 0 aliphatic carbocycles. The van der Waals surface area contributed by atoms with Crippen LogP contribution in [-0.4, -0.2) is 40.5 Å². The van der Waals surface area contributed by atoms with Crippen LogP contribution in [0.3, 0.4) is 0 Å². The van der Waals surface area contributed by atoms with Crippen LogP contribution in [0.15, 0.2) is 35.7 Å². The first-order chi connectivity index (χ1) is 15.1. The molecule has 0 aliphatic heterocycles. The number of allylic oxidation sites excluding steroid dienone is 1. The maximum Gasteiger partial charge on any atom is 0.203 e. The molecule has 0 radical (unpaired) electrons. The topological polar surface area (TPSA) is 82.8 Å². The number of hydrogen-bond donors (Lipinski definition) is 0. The summed E-state index contributed by atoms with van der Waals surface area (Å²) in [7, 11) is 7.81. The van der Waals surface area contributed by atoms with Gasteiger partial charge in [-0.1, -0.05) is 0 Å². The third-order valence-electron chi connectivity index (χ3n) is 4.53. The van der Waals surface area contributed by atoms with E-state index in [-0.39, 0.29) is 0 Å². The van der Waals surface area contributed by atoms with E-state index >= 15 is 0 Å². The van der Waals surface area contributed by atoms with Gasteiger partial charge in [0.2, 0.25) is 5.75 Å². The van der Waals surface area contributed by atoms with Gasteiger partial charge in [-0.05, 0) is 42.0 Å². The third-order valence-corrected chi connectivity index (χ3v) is 5.41. The van der Waals surface area contributed by atoms with Crippen LogP contribution in [0.5, 0.6) is 28.7 Å². The second-order valence-electron chi connectivity index (χ2n) is 6.24. The smallest absolute Gasteiger partial charge is 0.203 e. The molecule has 3 aromatic rings. The molecule has 0 amide bonds. The van der Waals surface area contributed by atoms with Crippen LogP contribution >= 0.6 is 11.3 Å². The number of benzene rings is 2. The summed E-state index contributed by atoms with van der Waals surface area (Å²) in [5, 5.41) is 12.2. The number of nitrogens with zero attached hydrogens (tertiary/aromatic N) is 2. The molecular formula is C23H22N2O5S. The van der Waals surface area contributed by atoms with Crippen LogP contribution in [-0.2, 0) is 0 Å². The predicted octanol–water partition coefficient (Wildman–Crippen LogP) is 4.92. The highest BCUT2D eigenvalue weighted by Gasteiger charge is 2.15. The van der Waals surface area contributed by atoms with Crippen LogP contribution < -0.4 is 23.7 Å². The average molecular weight is 439 g/mol. The fourth-order valence-electron chi connectivity index (χ4n) is 3.02. The number of thiazole rings is 1. The molecule has 0 saturated carbocycles. The highest BCUT2D eigenvalue weighted by atomic mass is 32.1. The third kappa shape index (κ3) is 4.57. The molecule has 0 unspecified atom stereocenters. The summed E-state index contributed by atoms with van der Waals surface area (Å²) in [5.41, 5.74) is 2.76. The van der Waals surface area contributed by atoms with Crippen LogP contribution in [0, 0.1) is 11.3 Å². The van der Waals surface area contributed by atoms with Gasteiger partial charge >= 0.3 is 0 Å². The molecule has 0 saturated heterocycles. The maximum absolute atomic E-state index is 9.75. The van der Waals surface area contributed by atoms with Gasteiger partial charge in [0.25, 0.3) is 0 Å². The maximum atomic E-state index is 9.75. The molecule has 0 fully saturated rings. The highest BCUT2D eigenvalue weighted by molar-refractivity contribution is 7.11. The van der Waals surface area contributed by atoms with E-state index in [1.165, 1.54) is 11.3 Å². The Balaban J connectivity index is 1.99. The Morgan fingerprint density at radius 3 is 2.06 bits per heavy atom. The van der Waals surface area contributed by atoms with Crippen molar-refractivity contribution in [1.29, 1.82) is 5.26 Å². The summed E-state index contributed by atoms with van der Waals surface area (Å²) in [4.78, 5) is 4.64. The molecule has 7 nitrogen and oxygen atoms in total. The number of rotatable bonds is 8. The lowest BCUT2D eigenvalue weighted by molar-refractivity contribution is 0.324. The molecule has 2 aromatic carbocycles. The van der Waals surface area contributed by atoms with Crippen molar-refractivity contribution in [2.75, 3.05) is 35.5 Å². The zero-order chi connectivity index (χ0) is 22.4. The molecular weight excluding hydrogens is 416 g/mol. The van der Waals surface area contributed by atoms with E-state index in [0.717, 1.165) is 16.8 Å². The van der Waals surface area contributed by atoms with Crippen molar-refractivity contribution in [2.24, 2.45) is 0 Å². The average Bonchev–Trinajstić information content (AvgIpc) is 3.31. The van der Waals surface area contributed by atoms with E-state index < -0.39 is 0 Å². The fraction of sp³-hybridized carbons (Fsp3) is 0.217. The molecule has 0 N–H and O–H groups in total. The van der Waals surface area contributed by atoms with Crippen molar-refractivity contribution in [2.45, 2.75) is 0 Å². The lowest BCUT2D eigenvalue weighted by Gasteiger charge is -2.13. The van der Waals surface area contributed by atoms with Gasteiger partial charge in [-0.2, -0.15) is 5.26 Å². The van der Waals surface area contributed by atoms with E-state index in [9.17, 15) is 5.26 Å². The molecule has 0 spiro atoms. The van der Waals surface area contributed by atoms with Crippen LogP contribution in [0.4, 0.5) is 0 Å². The van der Waals surface area contributed by atoms with E-state index in [2.05, 4.69) is 11.1 Å². The van der Waals surface area contributed by atoms with E-state index in [1.807, 2.05) is 23.6 Å². The SMILES string of the molecule is COc1ccc(-c2csc(/C(C#N)=C\c3cc(OC)c(OC)c(OC)c3)n2)cc1OC. The monoisotopic (exact) mass is 438 g/mol. The van der Waals surface area contributed by atoms with Gasteiger partial charge in [0.15, 0.2) is 23.0 Å². The molecule has 0 atom stereocenters. The minimum absolute atomic E-state index is 0.422. The molecule has 1 heterocycles. The molecule has 0 bridgehead atoms. The Hall–Kier alpha value is -3.70. The molecule has 31 heavy (non-hydrogen) atoms. The lowest BCUT2D eigenvalue weighted by Crippen LogP contribution is -1.95. The van der Waals surface area contributed by atoms with Gasteiger partial charge in [-0.25, -0.2) is 4.98 Å². The van der Waals surface area contributed by atoms with Crippen molar-refractivity contribution in [1.82, 2.24) is 4.98 Å². The number of ether oxygens (including phenoxy) is 5. The molecule has 3 rings (SSSR count). The summed E-state index contributed by atoms with van der Waals surface area (Å²) in [6.45, 7) is 0. The van der Waals surface area contributed by atoms with Crippen molar-refractivity contribution < 1.29 is 23.7 Å². The van der Waals surface area contributed by atoms with Gasteiger partial charge in [0, 0.05) is 10.9 Å². The fourth-order valence-corrected chi connectivity index (χ4v) is 3.81. The summed E-state index contributed by atoms with van der Waals surface area (Å²) in [5.74, 6) is 2.77.